The standard InChI is InChI=1S/C22H19N3O/c1-26-19-8-6-18(7-9-19)25-22-21-5-3-2-4-20(21)17(15-24-22)14-16-10-12-23-13-11-16/h2-13,15H,14H2,1H3,(H,24,25). The van der Waals surface area contributed by atoms with Crippen LogP contribution in [0.5, 0.6) is 5.75 Å². The number of nitrogens with one attached hydrogen (secondary N) is 1. The first kappa shape index (κ1) is 16.1. The molecular formula is C22H19N3O. The topological polar surface area (TPSA) is 47.0 Å². The van der Waals surface area contributed by atoms with Crippen LogP contribution in [0, 0.1) is 0 Å². The predicted molar refractivity (Wildman–Crippen MR) is 105 cm³/mol. The number of methoxy groups -OCH3 is 1. The largest absolute Gasteiger partial charge is 0.497 e. The van der Waals surface area contributed by atoms with E-state index in [1.165, 1.54) is 16.5 Å². The Bertz CT molecular complexity index is 1010. The molecule has 4 nitrogen and oxygen atoms in total. The van der Waals surface area contributed by atoms with Gasteiger partial charge < -0.3 is 10.1 Å². The average Bonchev–Trinajstić information content (AvgIpc) is 2.71. The fourth-order valence-corrected chi connectivity index (χ4v) is 3.02. The Kier molecular flexibility index (Phi) is 4.48. The van der Waals surface area contributed by atoms with Crippen molar-refractivity contribution in [2.24, 2.45) is 0 Å². The summed E-state index contributed by atoms with van der Waals surface area (Å²) in [6, 6.07) is 20.3. The maximum absolute atomic E-state index is 5.21. The molecule has 0 unspecified atom stereocenters. The Labute approximate surface area is 152 Å². The van der Waals surface area contributed by atoms with Crippen molar-refractivity contribution in [3.63, 3.8) is 0 Å². The lowest BCUT2D eigenvalue weighted by Crippen LogP contribution is -1.98. The van der Waals surface area contributed by atoms with E-state index in [1.807, 2.05) is 61.1 Å². The number of aromatic nitrogens is 2. The molecule has 0 amide bonds. The molecule has 0 aliphatic rings. The van der Waals surface area contributed by atoms with Crippen LogP contribution in [0.3, 0.4) is 0 Å². The van der Waals surface area contributed by atoms with Crippen molar-refractivity contribution in [1.82, 2.24) is 9.97 Å². The number of rotatable bonds is 5. The number of fused-ring (bicyclic) bond motifs is 1. The Morgan fingerprint density at radius 3 is 2.35 bits per heavy atom. The molecule has 0 atom stereocenters. The number of nitrogens with zero attached hydrogens (tertiary/aromatic N) is 2. The fourth-order valence-electron chi connectivity index (χ4n) is 3.02. The van der Waals surface area contributed by atoms with E-state index in [2.05, 4.69) is 33.5 Å². The Hall–Kier alpha value is -3.40. The average molecular weight is 341 g/mol. The molecule has 1 N–H and O–H groups in total. The van der Waals surface area contributed by atoms with Gasteiger partial charge >= 0.3 is 0 Å². The van der Waals surface area contributed by atoms with Crippen molar-refractivity contribution >= 4 is 22.3 Å². The number of anilines is 2. The van der Waals surface area contributed by atoms with Crippen molar-refractivity contribution in [2.75, 3.05) is 12.4 Å². The molecule has 2 heterocycles. The van der Waals surface area contributed by atoms with Crippen LogP contribution in [0.15, 0.2) is 79.3 Å². The Morgan fingerprint density at radius 2 is 1.62 bits per heavy atom. The van der Waals surface area contributed by atoms with E-state index >= 15 is 0 Å². The molecule has 0 spiro atoms. The van der Waals surface area contributed by atoms with E-state index < -0.39 is 0 Å². The summed E-state index contributed by atoms with van der Waals surface area (Å²) in [6.07, 6.45) is 6.43. The van der Waals surface area contributed by atoms with E-state index in [4.69, 9.17) is 4.74 Å². The third-order valence-corrected chi connectivity index (χ3v) is 4.37. The molecule has 0 saturated carbocycles. The minimum atomic E-state index is 0.832. The van der Waals surface area contributed by atoms with Gasteiger partial charge in [0, 0.05) is 29.7 Å². The van der Waals surface area contributed by atoms with Gasteiger partial charge in [-0.05, 0) is 59.3 Å². The number of ether oxygens (including phenoxy) is 1. The van der Waals surface area contributed by atoms with Crippen molar-refractivity contribution in [3.05, 3.63) is 90.4 Å². The van der Waals surface area contributed by atoms with Crippen LogP contribution in [-0.2, 0) is 6.42 Å². The molecule has 0 saturated heterocycles. The minimum Gasteiger partial charge on any atom is -0.497 e. The van der Waals surface area contributed by atoms with Gasteiger partial charge in [-0.15, -0.1) is 0 Å². The van der Waals surface area contributed by atoms with Gasteiger partial charge in [-0.1, -0.05) is 24.3 Å². The summed E-state index contributed by atoms with van der Waals surface area (Å²) in [4.78, 5) is 8.77. The fraction of sp³-hybridized carbons (Fsp3) is 0.0909. The molecule has 0 aliphatic heterocycles. The van der Waals surface area contributed by atoms with Gasteiger partial charge in [-0.3, -0.25) is 4.98 Å². The smallest absolute Gasteiger partial charge is 0.138 e. The molecule has 0 bridgehead atoms. The lowest BCUT2D eigenvalue weighted by Gasteiger charge is -2.12. The molecule has 2 aromatic heterocycles. The zero-order chi connectivity index (χ0) is 17.8. The van der Waals surface area contributed by atoms with E-state index in [0.29, 0.717) is 0 Å². The summed E-state index contributed by atoms with van der Waals surface area (Å²) in [5.41, 5.74) is 3.40. The second-order valence-corrected chi connectivity index (χ2v) is 6.06. The highest BCUT2D eigenvalue weighted by molar-refractivity contribution is 5.95. The van der Waals surface area contributed by atoms with E-state index in [1.54, 1.807) is 7.11 Å². The SMILES string of the molecule is COc1ccc(Nc2ncc(Cc3ccncc3)c3ccccc23)cc1. The van der Waals surface area contributed by atoms with Gasteiger partial charge in [0.25, 0.3) is 0 Å². The summed E-state index contributed by atoms with van der Waals surface area (Å²) in [7, 11) is 1.67. The zero-order valence-electron chi connectivity index (χ0n) is 14.5. The molecule has 0 fully saturated rings. The van der Waals surface area contributed by atoms with Gasteiger partial charge in [0.1, 0.15) is 11.6 Å². The van der Waals surface area contributed by atoms with Crippen LogP contribution in [-0.4, -0.2) is 17.1 Å². The normalized spacial score (nSPS) is 10.7. The summed E-state index contributed by atoms with van der Waals surface area (Å²) in [6.45, 7) is 0. The van der Waals surface area contributed by atoms with Crippen molar-refractivity contribution < 1.29 is 4.74 Å². The molecule has 2 aromatic carbocycles. The molecule has 4 aromatic rings. The maximum Gasteiger partial charge on any atom is 0.138 e. The van der Waals surface area contributed by atoms with E-state index in [9.17, 15) is 0 Å². The van der Waals surface area contributed by atoms with Crippen molar-refractivity contribution in [3.8, 4) is 5.75 Å². The van der Waals surface area contributed by atoms with Crippen LogP contribution in [0.25, 0.3) is 10.8 Å². The molecule has 26 heavy (non-hydrogen) atoms. The van der Waals surface area contributed by atoms with Crippen LogP contribution in [0.4, 0.5) is 11.5 Å². The second kappa shape index (κ2) is 7.23. The quantitative estimate of drug-likeness (QED) is 0.556. The summed E-state index contributed by atoms with van der Waals surface area (Å²) >= 11 is 0. The van der Waals surface area contributed by atoms with Gasteiger partial charge in [-0.25, -0.2) is 4.98 Å². The first-order valence-corrected chi connectivity index (χ1v) is 8.50. The van der Waals surface area contributed by atoms with Crippen molar-refractivity contribution in [1.29, 1.82) is 0 Å². The summed E-state index contributed by atoms with van der Waals surface area (Å²) < 4.78 is 5.21. The molecule has 128 valence electrons. The van der Waals surface area contributed by atoms with E-state index in [-0.39, 0.29) is 0 Å². The first-order valence-electron chi connectivity index (χ1n) is 8.50. The highest BCUT2D eigenvalue weighted by Gasteiger charge is 2.08. The number of hydrogen-bond acceptors (Lipinski definition) is 4. The lowest BCUT2D eigenvalue weighted by atomic mass is 10.0. The molecule has 4 heteroatoms. The van der Waals surface area contributed by atoms with Gasteiger partial charge in [0.2, 0.25) is 0 Å². The number of hydrogen-bond donors (Lipinski definition) is 1. The van der Waals surface area contributed by atoms with Crippen molar-refractivity contribution in [2.45, 2.75) is 6.42 Å². The van der Waals surface area contributed by atoms with Crippen LogP contribution in [0.1, 0.15) is 11.1 Å². The second-order valence-electron chi connectivity index (χ2n) is 6.06. The highest BCUT2D eigenvalue weighted by atomic mass is 16.5. The Balaban J connectivity index is 1.69. The third-order valence-electron chi connectivity index (χ3n) is 4.37. The molecule has 4 rings (SSSR count). The molecular weight excluding hydrogens is 322 g/mol. The van der Waals surface area contributed by atoms with Gasteiger partial charge in [-0.2, -0.15) is 0 Å². The molecule has 0 aliphatic carbocycles. The minimum absolute atomic E-state index is 0.832. The first-order chi connectivity index (χ1) is 12.8. The summed E-state index contributed by atoms with van der Waals surface area (Å²) in [5.74, 6) is 1.69. The maximum atomic E-state index is 5.21. The van der Waals surface area contributed by atoms with E-state index in [0.717, 1.165) is 29.1 Å². The summed E-state index contributed by atoms with van der Waals surface area (Å²) in [5, 5.41) is 5.72. The van der Waals surface area contributed by atoms with Gasteiger partial charge in [0.15, 0.2) is 0 Å². The van der Waals surface area contributed by atoms with Crippen LogP contribution < -0.4 is 10.1 Å². The van der Waals surface area contributed by atoms with Crippen LogP contribution in [0.2, 0.25) is 0 Å². The highest BCUT2D eigenvalue weighted by Crippen LogP contribution is 2.28. The number of benzene rings is 2. The molecule has 0 radical (unpaired) electrons. The lowest BCUT2D eigenvalue weighted by molar-refractivity contribution is 0.415. The monoisotopic (exact) mass is 341 g/mol. The third kappa shape index (κ3) is 3.35. The Morgan fingerprint density at radius 1 is 0.885 bits per heavy atom. The zero-order valence-corrected chi connectivity index (χ0v) is 14.5. The predicted octanol–water partition coefficient (Wildman–Crippen LogP) is 4.97. The van der Waals surface area contributed by atoms with Gasteiger partial charge in [0.05, 0.1) is 7.11 Å². The number of pyridine rings is 2. The van der Waals surface area contributed by atoms with Crippen LogP contribution >= 0.6 is 0 Å².